The highest BCUT2D eigenvalue weighted by atomic mass is 16.5. The molecule has 0 saturated heterocycles. The molecule has 2 N–H and O–H groups in total. The van der Waals surface area contributed by atoms with E-state index in [1.807, 2.05) is 24.3 Å². The molecule has 0 fully saturated rings. The molecule has 3 heteroatoms. The van der Waals surface area contributed by atoms with E-state index in [-0.39, 0.29) is 6.23 Å². The Morgan fingerprint density at radius 1 is 1.04 bits per heavy atom. The van der Waals surface area contributed by atoms with Crippen LogP contribution in [0.1, 0.15) is 39.5 Å². The number of hydrogen-bond donors (Lipinski definition) is 1. The van der Waals surface area contributed by atoms with Crippen LogP contribution in [-0.4, -0.2) is 19.4 Å². The summed E-state index contributed by atoms with van der Waals surface area (Å²) in [5, 5.41) is 2.32. The molecule has 126 valence electrons. The van der Waals surface area contributed by atoms with Gasteiger partial charge in [-0.25, -0.2) is 0 Å². The number of ether oxygens (including phenoxy) is 2. The largest absolute Gasteiger partial charge is 0.491 e. The van der Waals surface area contributed by atoms with E-state index in [2.05, 4.69) is 32.0 Å². The smallest absolute Gasteiger partial charge is 0.127 e. The van der Waals surface area contributed by atoms with Crippen LogP contribution in [0.5, 0.6) is 5.75 Å². The highest BCUT2D eigenvalue weighted by Crippen LogP contribution is 2.25. The van der Waals surface area contributed by atoms with Crippen molar-refractivity contribution in [3.8, 4) is 5.75 Å². The van der Waals surface area contributed by atoms with Gasteiger partial charge in [0.25, 0.3) is 0 Å². The maximum Gasteiger partial charge on any atom is 0.127 e. The SMILES string of the molecule is CCCCC(C)CC(N)OCCOc1cccc2ccccc12. The number of benzene rings is 2. The molecule has 0 aliphatic heterocycles. The van der Waals surface area contributed by atoms with Gasteiger partial charge in [-0.1, -0.05) is 69.5 Å². The molecule has 0 amide bonds. The van der Waals surface area contributed by atoms with Gasteiger partial charge in [0.05, 0.1) is 6.61 Å². The molecule has 0 aliphatic rings. The second-order valence-corrected chi connectivity index (χ2v) is 6.22. The minimum atomic E-state index is -0.196. The highest BCUT2D eigenvalue weighted by molar-refractivity contribution is 5.88. The van der Waals surface area contributed by atoms with E-state index in [1.54, 1.807) is 0 Å². The minimum absolute atomic E-state index is 0.196. The Labute approximate surface area is 139 Å². The van der Waals surface area contributed by atoms with E-state index in [1.165, 1.54) is 24.6 Å². The third-order valence-corrected chi connectivity index (χ3v) is 4.11. The maximum absolute atomic E-state index is 6.04. The van der Waals surface area contributed by atoms with Crippen LogP contribution >= 0.6 is 0 Å². The van der Waals surface area contributed by atoms with Crippen LogP contribution in [0.25, 0.3) is 10.8 Å². The first-order valence-corrected chi connectivity index (χ1v) is 8.68. The van der Waals surface area contributed by atoms with Crippen LogP contribution in [0.15, 0.2) is 42.5 Å². The lowest BCUT2D eigenvalue weighted by Crippen LogP contribution is -2.28. The van der Waals surface area contributed by atoms with Crippen molar-refractivity contribution in [1.29, 1.82) is 0 Å². The molecule has 0 aliphatic carbocycles. The lowest BCUT2D eigenvalue weighted by atomic mass is 10.0. The standard InChI is InChI=1S/C20H29NO2/c1-3-4-8-16(2)15-20(21)23-14-13-22-19-12-7-10-17-9-5-6-11-18(17)19/h5-7,9-12,16,20H,3-4,8,13-15,21H2,1-2H3. The third kappa shape index (κ3) is 5.85. The monoisotopic (exact) mass is 315 g/mol. The quantitative estimate of drug-likeness (QED) is 0.509. The van der Waals surface area contributed by atoms with Crippen LogP contribution < -0.4 is 10.5 Å². The van der Waals surface area contributed by atoms with Crippen molar-refractivity contribution in [2.45, 2.75) is 45.8 Å². The number of rotatable bonds is 10. The van der Waals surface area contributed by atoms with Gasteiger partial charge in [-0.15, -0.1) is 0 Å². The fraction of sp³-hybridized carbons (Fsp3) is 0.500. The zero-order valence-corrected chi connectivity index (χ0v) is 14.3. The number of hydrogen-bond acceptors (Lipinski definition) is 3. The molecule has 0 spiro atoms. The molecule has 2 unspecified atom stereocenters. The summed E-state index contributed by atoms with van der Waals surface area (Å²) >= 11 is 0. The van der Waals surface area contributed by atoms with Gasteiger partial charge in [-0.2, -0.15) is 0 Å². The predicted octanol–water partition coefficient (Wildman–Crippen LogP) is 4.74. The van der Waals surface area contributed by atoms with Crippen LogP contribution in [0.2, 0.25) is 0 Å². The van der Waals surface area contributed by atoms with Gasteiger partial charge in [0, 0.05) is 5.39 Å². The van der Waals surface area contributed by atoms with Crippen molar-refractivity contribution in [1.82, 2.24) is 0 Å². The predicted molar refractivity (Wildman–Crippen MR) is 96.7 cm³/mol. The van der Waals surface area contributed by atoms with Crippen molar-refractivity contribution in [3.05, 3.63) is 42.5 Å². The first-order valence-electron chi connectivity index (χ1n) is 8.68. The van der Waals surface area contributed by atoms with Gasteiger partial charge in [-0.05, 0) is 23.8 Å². The molecule has 2 rings (SSSR count). The average molecular weight is 315 g/mol. The van der Waals surface area contributed by atoms with Gasteiger partial charge >= 0.3 is 0 Å². The molecular weight excluding hydrogens is 286 g/mol. The van der Waals surface area contributed by atoms with Gasteiger partial charge < -0.3 is 15.2 Å². The minimum Gasteiger partial charge on any atom is -0.491 e. The highest BCUT2D eigenvalue weighted by Gasteiger charge is 2.09. The Balaban J connectivity index is 1.72. The van der Waals surface area contributed by atoms with Crippen molar-refractivity contribution < 1.29 is 9.47 Å². The molecule has 0 bridgehead atoms. The Bertz CT molecular complexity index is 579. The fourth-order valence-electron chi connectivity index (χ4n) is 2.81. The second-order valence-electron chi connectivity index (χ2n) is 6.22. The van der Waals surface area contributed by atoms with Crippen LogP contribution in [0, 0.1) is 5.92 Å². The first-order chi connectivity index (χ1) is 11.2. The molecule has 2 atom stereocenters. The van der Waals surface area contributed by atoms with E-state index in [4.69, 9.17) is 15.2 Å². The summed E-state index contributed by atoms with van der Waals surface area (Å²) in [6, 6.07) is 14.3. The molecule has 0 aromatic heterocycles. The molecule has 3 nitrogen and oxygen atoms in total. The number of unbranched alkanes of at least 4 members (excludes halogenated alkanes) is 1. The van der Waals surface area contributed by atoms with Crippen LogP contribution in [0.3, 0.4) is 0 Å². The van der Waals surface area contributed by atoms with E-state index >= 15 is 0 Å². The normalized spacial score (nSPS) is 13.9. The Kier molecular flexibility index (Phi) is 7.37. The fourth-order valence-corrected chi connectivity index (χ4v) is 2.81. The molecular formula is C20H29NO2. The summed E-state index contributed by atoms with van der Waals surface area (Å²) in [5.41, 5.74) is 6.04. The summed E-state index contributed by atoms with van der Waals surface area (Å²) in [4.78, 5) is 0. The Morgan fingerprint density at radius 2 is 1.83 bits per heavy atom. The van der Waals surface area contributed by atoms with Gasteiger partial charge in [-0.3, -0.25) is 0 Å². The van der Waals surface area contributed by atoms with Crippen LogP contribution in [-0.2, 0) is 4.74 Å². The molecule has 0 saturated carbocycles. The van der Waals surface area contributed by atoms with Gasteiger partial charge in [0.1, 0.15) is 18.6 Å². The summed E-state index contributed by atoms with van der Waals surface area (Å²) in [5.74, 6) is 1.51. The first kappa shape index (κ1) is 17.8. The second kappa shape index (κ2) is 9.53. The Hall–Kier alpha value is -1.58. The zero-order chi connectivity index (χ0) is 16.5. The van der Waals surface area contributed by atoms with Crippen molar-refractivity contribution in [3.63, 3.8) is 0 Å². The van der Waals surface area contributed by atoms with Crippen molar-refractivity contribution in [2.24, 2.45) is 11.7 Å². The van der Waals surface area contributed by atoms with Gasteiger partial charge in [0.2, 0.25) is 0 Å². The van der Waals surface area contributed by atoms with Crippen molar-refractivity contribution >= 4 is 10.8 Å². The number of fused-ring (bicyclic) bond motifs is 1. The lowest BCUT2D eigenvalue weighted by molar-refractivity contribution is 0.0240. The summed E-state index contributed by atoms with van der Waals surface area (Å²) in [7, 11) is 0. The molecule has 2 aromatic carbocycles. The summed E-state index contributed by atoms with van der Waals surface area (Å²) < 4.78 is 11.5. The molecule has 0 heterocycles. The van der Waals surface area contributed by atoms with Crippen molar-refractivity contribution in [2.75, 3.05) is 13.2 Å². The van der Waals surface area contributed by atoms with Crippen LogP contribution in [0.4, 0.5) is 0 Å². The van der Waals surface area contributed by atoms with E-state index < -0.39 is 0 Å². The van der Waals surface area contributed by atoms with E-state index in [0.29, 0.717) is 19.1 Å². The summed E-state index contributed by atoms with van der Waals surface area (Å²) in [6.07, 6.45) is 4.43. The maximum atomic E-state index is 6.04. The Morgan fingerprint density at radius 3 is 2.65 bits per heavy atom. The molecule has 2 aromatic rings. The third-order valence-electron chi connectivity index (χ3n) is 4.11. The van der Waals surface area contributed by atoms with E-state index in [0.717, 1.165) is 17.6 Å². The topological polar surface area (TPSA) is 44.5 Å². The van der Waals surface area contributed by atoms with Gasteiger partial charge in [0.15, 0.2) is 0 Å². The summed E-state index contributed by atoms with van der Waals surface area (Å²) in [6.45, 7) is 5.50. The lowest BCUT2D eigenvalue weighted by Gasteiger charge is -2.18. The molecule has 23 heavy (non-hydrogen) atoms. The number of nitrogens with two attached hydrogens (primary N) is 1. The average Bonchev–Trinajstić information content (AvgIpc) is 2.57. The molecule has 0 radical (unpaired) electrons. The zero-order valence-electron chi connectivity index (χ0n) is 14.3. The van der Waals surface area contributed by atoms with E-state index in [9.17, 15) is 0 Å².